The monoisotopic (exact) mass is 549 g/mol. The van der Waals surface area contributed by atoms with Gasteiger partial charge in [0.25, 0.3) is 0 Å². The molecule has 2 N–H and O–H groups in total. The molecule has 3 heteroatoms. The quantitative estimate of drug-likeness (QED) is 0.0632. The van der Waals surface area contributed by atoms with Crippen molar-refractivity contribution in [2.45, 2.75) is 194 Å². The summed E-state index contributed by atoms with van der Waals surface area (Å²) in [5.41, 5.74) is 0. The summed E-state index contributed by atoms with van der Waals surface area (Å²) >= 11 is 0. The number of carbonyl (C=O) groups is 1. The maximum atomic E-state index is 12.0. The molecular weight excluding hydrogens is 476 g/mol. The van der Waals surface area contributed by atoms with Crippen LogP contribution in [0.15, 0.2) is 12.2 Å². The number of hydrogen-bond donors (Lipinski definition) is 2. The lowest BCUT2D eigenvalue weighted by Gasteiger charge is -2.06. The number of unbranched alkanes of at least 4 members (excludes halogenated alkanes) is 24. The molecule has 39 heavy (non-hydrogen) atoms. The summed E-state index contributed by atoms with van der Waals surface area (Å²) in [4.78, 5) is 12.0. The second kappa shape index (κ2) is 35.2. The van der Waals surface area contributed by atoms with Gasteiger partial charge in [0.1, 0.15) is 0 Å². The van der Waals surface area contributed by atoms with Crippen molar-refractivity contribution in [1.29, 1.82) is 0 Å². The van der Waals surface area contributed by atoms with Crippen molar-refractivity contribution in [3.05, 3.63) is 12.2 Å². The summed E-state index contributed by atoms with van der Waals surface area (Å²) < 4.78 is 0. The van der Waals surface area contributed by atoms with E-state index in [4.69, 9.17) is 0 Å². The van der Waals surface area contributed by atoms with E-state index in [2.05, 4.69) is 36.6 Å². The van der Waals surface area contributed by atoms with Crippen LogP contribution in [-0.4, -0.2) is 25.5 Å². The highest BCUT2D eigenvalue weighted by molar-refractivity contribution is 5.75. The largest absolute Gasteiger partial charge is 0.356 e. The Morgan fingerprint density at radius 1 is 0.462 bits per heavy atom. The topological polar surface area (TPSA) is 41.1 Å². The predicted octanol–water partition coefficient (Wildman–Crippen LogP) is 11.2. The Balaban J connectivity index is 3.19. The summed E-state index contributed by atoms with van der Waals surface area (Å²) in [6, 6.07) is 0. The second-order valence-electron chi connectivity index (χ2n) is 12.0. The number of carbonyl (C=O) groups excluding carboxylic acids is 1. The summed E-state index contributed by atoms with van der Waals surface area (Å²) in [6.07, 6.45) is 41.7. The van der Waals surface area contributed by atoms with Crippen LogP contribution in [0.3, 0.4) is 0 Å². The van der Waals surface area contributed by atoms with Crippen molar-refractivity contribution in [3.63, 3.8) is 0 Å². The number of rotatable bonds is 33. The van der Waals surface area contributed by atoms with Crippen molar-refractivity contribution in [1.82, 2.24) is 10.6 Å². The fraction of sp³-hybridized carbons (Fsp3) is 0.917. The number of allylic oxidation sites excluding steroid dienone is 2. The molecular formula is C36H72N2O. The zero-order valence-electron chi connectivity index (χ0n) is 27.0. The van der Waals surface area contributed by atoms with Gasteiger partial charge in [0.15, 0.2) is 0 Å². The molecule has 232 valence electrons. The van der Waals surface area contributed by atoms with Crippen LogP contribution in [0.5, 0.6) is 0 Å². The highest BCUT2D eigenvalue weighted by Crippen LogP contribution is 2.13. The third-order valence-electron chi connectivity index (χ3n) is 8.02. The van der Waals surface area contributed by atoms with Gasteiger partial charge in [-0.25, -0.2) is 0 Å². The van der Waals surface area contributed by atoms with E-state index in [-0.39, 0.29) is 5.91 Å². The van der Waals surface area contributed by atoms with E-state index >= 15 is 0 Å². The van der Waals surface area contributed by atoms with Crippen molar-refractivity contribution in [2.24, 2.45) is 0 Å². The van der Waals surface area contributed by atoms with Crippen LogP contribution in [0.2, 0.25) is 0 Å². The molecule has 0 heterocycles. The van der Waals surface area contributed by atoms with Crippen molar-refractivity contribution in [3.8, 4) is 0 Å². The Bertz CT molecular complexity index is 490. The van der Waals surface area contributed by atoms with Gasteiger partial charge >= 0.3 is 0 Å². The van der Waals surface area contributed by atoms with Gasteiger partial charge in [-0.15, -0.1) is 0 Å². The molecule has 0 atom stereocenters. The van der Waals surface area contributed by atoms with E-state index < -0.39 is 0 Å². The minimum absolute atomic E-state index is 0.268. The average Bonchev–Trinajstić information content (AvgIpc) is 2.94. The minimum Gasteiger partial charge on any atom is -0.356 e. The van der Waals surface area contributed by atoms with E-state index in [9.17, 15) is 4.79 Å². The maximum absolute atomic E-state index is 12.0. The first-order valence-corrected chi connectivity index (χ1v) is 17.9. The van der Waals surface area contributed by atoms with E-state index in [0.717, 1.165) is 32.4 Å². The molecule has 0 rings (SSSR count). The first-order chi connectivity index (χ1) is 19.3. The molecule has 0 spiro atoms. The molecule has 0 radical (unpaired) electrons. The first kappa shape index (κ1) is 38.2. The highest BCUT2D eigenvalue weighted by Gasteiger charge is 2.01. The average molecular weight is 549 g/mol. The molecule has 0 aromatic heterocycles. The molecule has 0 saturated heterocycles. The third-order valence-corrected chi connectivity index (χ3v) is 8.02. The van der Waals surface area contributed by atoms with Gasteiger partial charge in [-0.3, -0.25) is 4.79 Å². The lowest BCUT2D eigenvalue weighted by atomic mass is 10.0. The molecule has 0 aliphatic rings. The summed E-state index contributed by atoms with van der Waals surface area (Å²) in [6.45, 7) is 7.63. The number of amides is 1. The Morgan fingerprint density at radius 3 is 1.31 bits per heavy atom. The van der Waals surface area contributed by atoms with Crippen molar-refractivity contribution < 1.29 is 4.79 Å². The molecule has 0 aliphatic heterocycles. The van der Waals surface area contributed by atoms with Gasteiger partial charge in [0.05, 0.1) is 0 Å². The molecule has 0 aliphatic carbocycles. The van der Waals surface area contributed by atoms with Crippen LogP contribution in [0.1, 0.15) is 194 Å². The van der Waals surface area contributed by atoms with Crippen LogP contribution < -0.4 is 10.6 Å². The standard InChI is InChI=1S/C36H72N2O/c1-3-5-6-7-8-9-10-15-18-21-24-27-30-33-36(39)38-35-32-29-26-23-20-17-14-12-11-13-16-19-22-25-28-31-34-37-4-2/h11-12,37H,3-10,13-35H2,1-2H3,(H,38,39)/b12-11-. The van der Waals surface area contributed by atoms with Gasteiger partial charge in [-0.2, -0.15) is 0 Å². The van der Waals surface area contributed by atoms with E-state index in [1.54, 1.807) is 0 Å². The van der Waals surface area contributed by atoms with Crippen LogP contribution in [0.4, 0.5) is 0 Å². The maximum Gasteiger partial charge on any atom is 0.219 e. The smallest absolute Gasteiger partial charge is 0.219 e. The summed E-state index contributed by atoms with van der Waals surface area (Å²) in [5, 5.41) is 6.53. The summed E-state index contributed by atoms with van der Waals surface area (Å²) in [7, 11) is 0. The Morgan fingerprint density at radius 2 is 0.846 bits per heavy atom. The van der Waals surface area contributed by atoms with E-state index in [0.29, 0.717) is 0 Å². The van der Waals surface area contributed by atoms with Crippen LogP contribution in [-0.2, 0) is 4.79 Å². The molecule has 0 aromatic carbocycles. The zero-order chi connectivity index (χ0) is 28.3. The van der Waals surface area contributed by atoms with Gasteiger partial charge in [0.2, 0.25) is 5.91 Å². The molecule has 0 aromatic rings. The van der Waals surface area contributed by atoms with Crippen LogP contribution >= 0.6 is 0 Å². The van der Waals surface area contributed by atoms with Gasteiger partial charge in [-0.1, -0.05) is 154 Å². The normalized spacial score (nSPS) is 11.5. The number of nitrogens with one attached hydrogen (secondary N) is 2. The lowest BCUT2D eigenvalue weighted by molar-refractivity contribution is -0.121. The number of hydrogen-bond acceptors (Lipinski definition) is 2. The van der Waals surface area contributed by atoms with Crippen LogP contribution in [0, 0.1) is 0 Å². The molecule has 0 fully saturated rings. The molecule has 1 amide bonds. The van der Waals surface area contributed by atoms with Crippen molar-refractivity contribution in [2.75, 3.05) is 19.6 Å². The van der Waals surface area contributed by atoms with E-state index in [1.165, 1.54) is 167 Å². The fourth-order valence-corrected chi connectivity index (χ4v) is 5.35. The van der Waals surface area contributed by atoms with E-state index in [1.807, 2.05) is 0 Å². The zero-order valence-corrected chi connectivity index (χ0v) is 27.0. The SMILES string of the molecule is CCCCCCCCCCCCCCCC(=O)NCCCCCCCC/C=C\CCCCCCCCNCC. The fourth-order valence-electron chi connectivity index (χ4n) is 5.35. The Hall–Kier alpha value is -0.830. The summed E-state index contributed by atoms with van der Waals surface area (Å²) in [5.74, 6) is 0.268. The van der Waals surface area contributed by atoms with Crippen molar-refractivity contribution >= 4 is 5.91 Å². The van der Waals surface area contributed by atoms with Gasteiger partial charge < -0.3 is 10.6 Å². The first-order valence-electron chi connectivity index (χ1n) is 17.9. The molecule has 3 nitrogen and oxygen atoms in total. The highest BCUT2D eigenvalue weighted by atomic mass is 16.1. The molecule has 0 bridgehead atoms. The Kier molecular flexibility index (Phi) is 34.4. The lowest BCUT2D eigenvalue weighted by Crippen LogP contribution is -2.23. The third kappa shape index (κ3) is 35.1. The predicted molar refractivity (Wildman–Crippen MR) is 176 cm³/mol. The minimum atomic E-state index is 0.268. The second-order valence-corrected chi connectivity index (χ2v) is 12.0. The van der Waals surface area contributed by atoms with Crippen LogP contribution in [0.25, 0.3) is 0 Å². The van der Waals surface area contributed by atoms with Gasteiger partial charge in [0, 0.05) is 13.0 Å². The Labute approximate surface area is 246 Å². The molecule has 0 saturated carbocycles. The van der Waals surface area contributed by atoms with Gasteiger partial charge in [-0.05, 0) is 58.0 Å². The molecule has 0 unspecified atom stereocenters.